The third-order valence-electron chi connectivity index (χ3n) is 2.61. The predicted octanol–water partition coefficient (Wildman–Crippen LogP) is 5.60. The van der Waals surface area contributed by atoms with Crippen molar-refractivity contribution in [2.24, 2.45) is 0 Å². The monoisotopic (exact) mass is 286 g/mol. The van der Waals surface area contributed by atoms with E-state index in [2.05, 4.69) is 6.92 Å². The fraction of sp³-hybridized carbons (Fsp3) is 0.467. The highest BCUT2D eigenvalue weighted by atomic mass is 35.5. The van der Waals surface area contributed by atoms with Gasteiger partial charge in [-0.15, -0.1) is 0 Å². The summed E-state index contributed by atoms with van der Waals surface area (Å²) in [7, 11) is 0. The molecule has 0 unspecified atom stereocenters. The molecule has 1 aromatic rings. The number of hydrogen-bond donors (Lipinski definition) is 0. The molecule has 0 saturated heterocycles. The normalized spacial score (nSPS) is 11.3. The zero-order valence-corrected chi connectivity index (χ0v) is 12.3. The van der Waals surface area contributed by atoms with Crippen LogP contribution >= 0.6 is 23.2 Å². The van der Waals surface area contributed by atoms with Gasteiger partial charge in [0.1, 0.15) is 0 Å². The van der Waals surface area contributed by atoms with E-state index >= 15 is 0 Å². The van der Waals surface area contributed by atoms with Crippen molar-refractivity contribution >= 4 is 29.3 Å². The Kier molecular flexibility index (Phi) is 8.15. The van der Waals surface area contributed by atoms with Gasteiger partial charge in [0.15, 0.2) is 0 Å². The summed E-state index contributed by atoms with van der Waals surface area (Å²) in [5.74, 6) is 0. The van der Waals surface area contributed by atoms with Crippen molar-refractivity contribution in [3.05, 3.63) is 39.9 Å². The number of rotatable bonds is 8. The number of halogens is 2. The third-order valence-corrected chi connectivity index (χ3v) is 3.35. The van der Waals surface area contributed by atoms with Crippen LogP contribution in [0.5, 0.6) is 0 Å². The van der Waals surface area contributed by atoms with Gasteiger partial charge in [-0.1, -0.05) is 67.6 Å². The van der Waals surface area contributed by atoms with E-state index in [1.165, 1.54) is 19.3 Å². The first kappa shape index (κ1) is 15.6. The van der Waals surface area contributed by atoms with Crippen molar-refractivity contribution < 1.29 is 4.74 Å². The van der Waals surface area contributed by atoms with Crippen molar-refractivity contribution in [1.29, 1.82) is 0 Å². The van der Waals surface area contributed by atoms with Gasteiger partial charge in [-0.3, -0.25) is 0 Å². The zero-order valence-electron chi connectivity index (χ0n) is 10.8. The molecule has 0 aromatic heterocycles. The molecule has 1 aromatic carbocycles. The van der Waals surface area contributed by atoms with E-state index in [-0.39, 0.29) is 0 Å². The van der Waals surface area contributed by atoms with E-state index in [0.717, 1.165) is 18.6 Å². The molecule has 0 amide bonds. The van der Waals surface area contributed by atoms with E-state index < -0.39 is 0 Å². The molecule has 0 heterocycles. The van der Waals surface area contributed by atoms with Crippen LogP contribution in [0.25, 0.3) is 6.08 Å². The minimum absolute atomic E-state index is 0.583. The molecule has 0 fully saturated rings. The molecule has 1 nitrogen and oxygen atoms in total. The second-order valence-corrected chi connectivity index (χ2v) is 5.03. The average Bonchev–Trinajstić information content (AvgIpc) is 2.37. The number of benzene rings is 1. The molecule has 3 heteroatoms. The van der Waals surface area contributed by atoms with Crippen molar-refractivity contribution in [3.8, 4) is 0 Å². The van der Waals surface area contributed by atoms with Crippen LogP contribution < -0.4 is 0 Å². The fourth-order valence-electron chi connectivity index (χ4n) is 1.58. The lowest BCUT2D eigenvalue weighted by Crippen LogP contribution is -1.94. The van der Waals surface area contributed by atoms with E-state index in [1.54, 1.807) is 6.07 Å². The Morgan fingerprint density at radius 2 is 1.94 bits per heavy atom. The van der Waals surface area contributed by atoms with Gasteiger partial charge in [0, 0.05) is 6.61 Å². The smallest absolute Gasteiger partial charge is 0.0650 e. The minimum atomic E-state index is 0.583. The summed E-state index contributed by atoms with van der Waals surface area (Å²) in [5.41, 5.74) is 1.04. The summed E-state index contributed by atoms with van der Waals surface area (Å²) in [6.07, 6.45) is 8.95. The molecule has 0 aliphatic carbocycles. The molecular weight excluding hydrogens is 267 g/mol. The Morgan fingerprint density at radius 1 is 1.11 bits per heavy atom. The molecule has 0 aliphatic heterocycles. The van der Waals surface area contributed by atoms with E-state index in [9.17, 15) is 0 Å². The van der Waals surface area contributed by atoms with E-state index in [1.807, 2.05) is 24.3 Å². The standard InChI is InChI=1S/C15H20Cl2O/c1-2-3-4-5-10-18-11-6-7-13-8-9-14(16)15(17)12-13/h6-9,12H,2-5,10-11H2,1H3. The molecule has 18 heavy (non-hydrogen) atoms. The Bertz CT molecular complexity index is 375. The minimum Gasteiger partial charge on any atom is -0.377 e. The maximum atomic E-state index is 5.93. The van der Waals surface area contributed by atoms with Gasteiger partial charge < -0.3 is 4.74 Å². The van der Waals surface area contributed by atoms with Crippen LogP contribution in [0.15, 0.2) is 24.3 Å². The van der Waals surface area contributed by atoms with Crippen LogP contribution in [0.1, 0.15) is 38.2 Å². The first-order chi connectivity index (χ1) is 8.74. The Balaban J connectivity index is 2.18. The van der Waals surface area contributed by atoms with Crippen molar-refractivity contribution in [2.75, 3.05) is 13.2 Å². The number of ether oxygens (including phenoxy) is 1. The van der Waals surface area contributed by atoms with Crippen LogP contribution in [0.4, 0.5) is 0 Å². The average molecular weight is 287 g/mol. The van der Waals surface area contributed by atoms with Gasteiger partial charge >= 0.3 is 0 Å². The highest BCUT2D eigenvalue weighted by molar-refractivity contribution is 6.42. The Morgan fingerprint density at radius 3 is 2.67 bits per heavy atom. The first-order valence-corrected chi connectivity index (χ1v) is 7.19. The van der Waals surface area contributed by atoms with Gasteiger partial charge in [0.05, 0.1) is 16.7 Å². The molecule has 0 saturated carbocycles. The lowest BCUT2D eigenvalue weighted by molar-refractivity contribution is 0.157. The largest absolute Gasteiger partial charge is 0.377 e. The highest BCUT2D eigenvalue weighted by Gasteiger charge is 1.96. The lowest BCUT2D eigenvalue weighted by atomic mass is 10.2. The van der Waals surface area contributed by atoms with Crippen LogP contribution in [0.2, 0.25) is 10.0 Å². The van der Waals surface area contributed by atoms with Gasteiger partial charge in [-0.25, -0.2) is 0 Å². The van der Waals surface area contributed by atoms with Crippen molar-refractivity contribution in [2.45, 2.75) is 32.6 Å². The molecule has 100 valence electrons. The zero-order chi connectivity index (χ0) is 13.2. The topological polar surface area (TPSA) is 9.23 Å². The molecule has 0 spiro atoms. The van der Waals surface area contributed by atoms with Crippen LogP contribution in [-0.4, -0.2) is 13.2 Å². The maximum Gasteiger partial charge on any atom is 0.0650 e. The highest BCUT2D eigenvalue weighted by Crippen LogP contribution is 2.23. The van der Waals surface area contributed by atoms with Gasteiger partial charge in [-0.05, 0) is 24.1 Å². The summed E-state index contributed by atoms with van der Waals surface area (Å²) in [5, 5.41) is 1.17. The van der Waals surface area contributed by atoms with Gasteiger partial charge in [0.2, 0.25) is 0 Å². The summed E-state index contributed by atoms with van der Waals surface area (Å²) in [4.78, 5) is 0. The van der Waals surface area contributed by atoms with E-state index in [4.69, 9.17) is 27.9 Å². The van der Waals surface area contributed by atoms with Crippen molar-refractivity contribution in [3.63, 3.8) is 0 Å². The van der Waals surface area contributed by atoms with Gasteiger partial charge in [0.25, 0.3) is 0 Å². The summed E-state index contributed by atoms with van der Waals surface area (Å²) in [6.45, 7) is 3.69. The maximum absolute atomic E-state index is 5.93. The third kappa shape index (κ3) is 6.44. The summed E-state index contributed by atoms with van der Waals surface area (Å²) >= 11 is 11.8. The molecule has 0 radical (unpaired) electrons. The molecule has 0 aliphatic rings. The molecule has 0 bridgehead atoms. The van der Waals surface area contributed by atoms with Gasteiger partial charge in [-0.2, -0.15) is 0 Å². The second kappa shape index (κ2) is 9.43. The summed E-state index contributed by atoms with van der Waals surface area (Å²) < 4.78 is 5.51. The SMILES string of the molecule is CCCCCCOCC=Cc1ccc(Cl)c(Cl)c1. The Hall–Kier alpha value is -0.500. The molecule has 0 N–H and O–H groups in total. The fourth-order valence-corrected chi connectivity index (χ4v) is 1.89. The first-order valence-electron chi connectivity index (χ1n) is 6.43. The van der Waals surface area contributed by atoms with E-state index in [0.29, 0.717) is 16.7 Å². The van der Waals surface area contributed by atoms with Crippen LogP contribution in [0, 0.1) is 0 Å². The van der Waals surface area contributed by atoms with Crippen LogP contribution in [-0.2, 0) is 4.74 Å². The van der Waals surface area contributed by atoms with Crippen molar-refractivity contribution in [1.82, 2.24) is 0 Å². The summed E-state index contributed by atoms with van der Waals surface area (Å²) in [6, 6.07) is 5.59. The second-order valence-electron chi connectivity index (χ2n) is 4.21. The quantitative estimate of drug-likeness (QED) is 0.565. The molecule has 1 rings (SSSR count). The van der Waals surface area contributed by atoms with Crippen LogP contribution in [0.3, 0.4) is 0 Å². The molecule has 0 atom stereocenters. The molecular formula is C15H20Cl2O. The lowest BCUT2D eigenvalue weighted by Gasteiger charge is -2.01. The number of hydrogen-bond acceptors (Lipinski definition) is 1. The number of unbranched alkanes of at least 4 members (excludes halogenated alkanes) is 3. The predicted molar refractivity (Wildman–Crippen MR) is 80.5 cm³/mol. The Labute approximate surface area is 120 Å².